The number of nitrogens with one attached hydrogen (secondary N) is 1. The van der Waals surface area contributed by atoms with Crippen molar-refractivity contribution in [1.82, 2.24) is 0 Å². The van der Waals surface area contributed by atoms with Crippen LogP contribution in [0.2, 0.25) is 0 Å². The first-order chi connectivity index (χ1) is 12.0. The minimum atomic E-state index is -1.04. The minimum absolute atomic E-state index is 0.105. The van der Waals surface area contributed by atoms with Crippen LogP contribution in [0.4, 0.5) is 10.1 Å². The molecule has 1 atom stereocenters. The fourth-order valence-corrected chi connectivity index (χ4v) is 2.33. The first-order valence-corrected chi connectivity index (χ1v) is 7.54. The summed E-state index contributed by atoms with van der Waals surface area (Å²) in [5.74, 6) is -1.86. The molecule has 0 saturated carbocycles. The number of ketones is 1. The molecule has 1 amide bonds. The SMILES string of the molecule is O=C(C[C@@H]1Oc2ccccc2NC1=O)OCC(=O)c1cccc(F)c1. The molecule has 7 heteroatoms. The normalized spacial score (nSPS) is 15.6. The molecule has 25 heavy (non-hydrogen) atoms. The predicted molar refractivity (Wildman–Crippen MR) is 85.8 cm³/mol. The zero-order valence-corrected chi connectivity index (χ0v) is 13.0. The third-order valence-corrected chi connectivity index (χ3v) is 3.57. The highest BCUT2D eigenvalue weighted by molar-refractivity contribution is 6.00. The number of halogens is 1. The summed E-state index contributed by atoms with van der Waals surface area (Å²) < 4.78 is 23.4. The molecule has 128 valence electrons. The lowest BCUT2D eigenvalue weighted by Crippen LogP contribution is -2.39. The summed E-state index contributed by atoms with van der Waals surface area (Å²) in [6, 6.07) is 11.9. The van der Waals surface area contributed by atoms with E-state index < -0.39 is 36.2 Å². The van der Waals surface area contributed by atoms with E-state index in [2.05, 4.69) is 5.32 Å². The van der Waals surface area contributed by atoms with Crippen LogP contribution in [-0.4, -0.2) is 30.4 Å². The molecule has 0 aromatic heterocycles. The van der Waals surface area contributed by atoms with Gasteiger partial charge in [0.05, 0.1) is 12.1 Å². The van der Waals surface area contributed by atoms with Crippen LogP contribution in [0, 0.1) is 5.82 Å². The first-order valence-electron chi connectivity index (χ1n) is 7.54. The lowest BCUT2D eigenvalue weighted by Gasteiger charge is -2.25. The molecule has 1 N–H and O–H groups in total. The maximum Gasteiger partial charge on any atom is 0.310 e. The van der Waals surface area contributed by atoms with Crippen LogP contribution >= 0.6 is 0 Å². The first kappa shape index (κ1) is 16.6. The number of benzene rings is 2. The van der Waals surface area contributed by atoms with Crippen LogP contribution in [0.3, 0.4) is 0 Å². The standard InChI is InChI=1S/C18H14FNO5/c19-12-5-3-4-11(8-12)14(21)10-24-17(22)9-16-18(23)20-13-6-1-2-7-15(13)25-16/h1-8,16H,9-10H2,(H,20,23)/t16-/m0/s1. The van der Waals surface area contributed by atoms with Gasteiger partial charge in [-0.2, -0.15) is 0 Å². The van der Waals surface area contributed by atoms with Crippen LogP contribution in [0.5, 0.6) is 5.75 Å². The Bertz CT molecular complexity index is 836. The third-order valence-electron chi connectivity index (χ3n) is 3.57. The van der Waals surface area contributed by atoms with Gasteiger partial charge in [0.1, 0.15) is 11.6 Å². The number of rotatable bonds is 5. The monoisotopic (exact) mass is 343 g/mol. The Morgan fingerprint density at radius 1 is 1.16 bits per heavy atom. The number of hydrogen-bond acceptors (Lipinski definition) is 5. The van der Waals surface area contributed by atoms with E-state index in [1.807, 2.05) is 0 Å². The Morgan fingerprint density at radius 2 is 1.96 bits per heavy atom. The van der Waals surface area contributed by atoms with Crippen LogP contribution in [0.25, 0.3) is 0 Å². The predicted octanol–water partition coefficient (Wildman–Crippen LogP) is 2.34. The van der Waals surface area contributed by atoms with Crippen molar-refractivity contribution in [1.29, 1.82) is 0 Å². The van der Waals surface area contributed by atoms with Crippen LogP contribution < -0.4 is 10.1 Å². The third kappa shape index (κ3) is 4.00. The highest BCUT2D eigenvalue weighted by Crippen LogP contribution is 2.29. The second-order valence-electron chi connectivity index (χ2n) is 5.39. The van der Waals surface area contributed by atoms with Gasteiger partial charge in [-0.1, -0.05) is 24.3 Å². The van der Waals surface area contributed by atoms with Gasteiger partial charge in [0.25, 0.3) is 5.91 Å². The van der Waals surface area contributed by atoms with E-state index in [-0.39, 0.29) is 12.0 Å². The quantitative estimate of drug-likeness (QED) is 0.666. The maximum atomic E-state index is 13.1. The number of anilines is 1. The summed E-state index contributed by atoms with van der Waals surface area (Å²) >= 11 is 0. The summed E-state index contributed by atoms with van der Waals surface area (Å²) in [5.41, 5.74) is 0.631. The van der Waals surface area contributed by atoms with Gasteiger partial charge in [-0.3, -0.25) is 14.4 Å². The lowest BCUT2D eigenvalue weighted by atomic mass is 10.1. The molecular formula is C18H14FNO5. The van der Waals surface area contributed by atoms with E-state index >= 15 is 0 Å². The Morgan fingerprint density at radius 3 is 2.76 bits per heavy atom. The number of amides is 1. The molecule has 1 aliphatic rings. The number of ether oxygens (including phenoxy) is 2. The van der Waals surface area contributed by atoms with Gasteiger partial charge < -0.3 is 14.8 Å². The van der Waals surface area contributed by atoms with Crippen molar-refractivity contribution in [3.63, 3.8) is 0 Å². The zero-order chi connectivity index (χ0) is 17.8. The van der Waals surface area contributed by atoms with E-state index in [0.717, 1.165) is 6.07 Å². The number of fused-ring (bicyclic) bond motifs is 1. The van der Waals surface area contributed by atoms with Crippen LogP contribution in [0.1, 0.15) is 16.8 Å². The van der Waals surface area contributed by atoms with Crippen molar-refractivity contribution < 1.29 is 28.2 Å². The largest absolute Gasteiger partial charge is 0.478 e. The number of carbonyl (C=O) groups excluding carboxylic acids is 3. The van der Waals surface area contributed by atoms with Crippen molar-refractivity contribution >= 4 is 23.3 Å². The summed E-state index contributed by atoms with van der Waals surface area (Å²) in [5, 5.41) is 2.63. The van der Waals surface area contributed by atoms with Gasteiger partial charge in [0.2, 0.25) is 0 Å². The Labute approximate surface area is 142 Å². The molecule has 2 aromatic carbocycles. The Kier molecular flexibility index (Phi) is 4.74. The van der Waals surface area contributed by atoms with Crippen molar-refractivity contribution in [2.45, 2.75) is 12.5 Å². The highest BCUT2D eigenvalue weighted by Gasteiger charge is 2.30. The second-order valence-corrected chi connectivity index (χ2v) is 5.39. The van der Waals surface area contributed by atoms with Crippen molar-refractivity contribution in [2.75, 3.05) is 11.9 Å². The molecule has 0 unspecified atom stereocenters. The van der Waals surface area contributed by atoms with Crippen LogP contribution in [-0.2, 0) is 14.3 Å². The second kappa shape index (κ2) is 7.12. The smallest absolute Gasteiger partial charge is 0.310 e. The summed E-state index contributed by atoms with van der Waals surface area (Å²) in [6.45, 7) is -0.535. The van der Waals surface area contributed by atoms with Crippen molar-refractivity contribution in [3.05, 3.63) is 59.9 Å². The molecule has 0 radical (unpaired) electrons. The highest BCUT2D eigenvalue weighted by atomic mass is 19.1. The minimum Gasteiger partial charge on any atom is -0.478 e. The average Bonchev–Trinajstić information content (AvgIpc) is 2.60. The van der Waals surface area contributed by atoms with Crippen molar-refractivity contribution in [3.8, 4) is 5.75 Å². The lowest BCUT2D eigenvalue weighted by molar-refractivity contribution is -0.146. The molecule has 0 spiro atoms. The number of Topliss-reactive ketones (excluding diaryl/α,β-unsaturated/α-hetero) is 1. The molecule has 0 bridgehead atoms. The van der Waals surface area contributed by atoms with E-state index in [4.69, 9.17) is 9.47 Å². The fourth-order valence-electron chi connectivity index (χ4n) is 2.33. The molecule has 3 rings (SSSR count). The summed E-state index contributed by atoms with van der Waals surface area (Å²) in [6.07, 6.45) is -1.37. The Balaban J connectivity index is 1.54. The molecule has 2 aromatic rings. The molecule has 0 aliphatic carbocycles. The fraction of sp³-hybridized carbons (Fsp3) is 0.167. The molecular weight excluding hydrogens is 329 g/mol. The topological polar surface area (TPSA) is 81.7 Å². The Hall–Kier alpha value is -3.22. The average molecular weight is 343 g/mol. The molecule has 1 aliphatic heterocycles. The van der Waals surface area contributed by atoms with Gasteiger partial charge in [0, 0.05) is 5.56 Å². The number of carbonyl (C=O) groups is 3. The summed E-state index contributed by atoms with van der Waals surface area (Å²) in [7, 11) is 0. The number of hydrogen-bond donors (Lipinski definition) is 1. The van der Waals surface area contributed by atoms with E-state index in [1.54, 1.807) is 24.3 Å². The molecule has 0 saturated heterocycles. The maximum absolute atomic E-state index is 13.1. The van der Waals surface area contributed by atoms with Gasteiger partial charge >= 0.3 is 5.97 Å². The van der Waals surface area contributed by atoms with Gasteiger partial charge in [-0.25, -0.2) is 4.39 Å². The van der Waals surface area contributed by atoms with E-state index in [1.165, 1.54) is 18.2 Å². The van der Waals surface area contributed by atoms with Gasteiger partial charge in [-0.15, -0.1) is 0 Å². The summed E-state index contributed by atoms with van der Waals surface area (Å²) in [4.78, 5) is 35.7. The van der Waals surface area contributed by atoms with Gasteiger partial charge in [-0.05, 0) is 24.3 Å². The number of para-hydroxylation sites is 2. The van der Waals surface area contributed by atoms with E-state index in [0.29, 0.717) is 11.4 Å². The number of esters is 1. The van der Waals surface area contributed by atoms with Crippen LogP contribution in [0.15, 0.2) is 48.5 Å². The van der Waals surface area contributed by atoms with Gasteiger partial charge in [0.15, 0.2) is 18.5 Å². The van der Waals surface area contributed by atoms with Crippen molar-refractivity contribution in [2.24, 2.45) is 0 Å². The molecule has 6 nitrogen and oxygen atoms in total. The zero-order valence-electron chi connectivity index (χ0n) is 13.0. The van der Waals surface area contributed by atoms with E-state index in [9.17, 15) is 18.8 Å². The molecule has 1 heterocycles. The molecule has 0 fully saturated rings.